The van der Waals surface area contributed by atoms with Crippen molar-refractivity contribution in [3.05, 3.63) is 24.3 Å². The van der Waals surface area contributed by atoms with Gasteiger partial charge in [0.1, 0.15) is 0 Å². The van der Waals surface area contributed by atoms with Crippen LogP contribution in [0.5, 0.6) is 0 Å². The van der Waals surface area contributed by atoms with Gasteiger partial charge in [0.15, 0.2) is 0 Å². The van der Waals surface area contributed by atoms with Crippen LogP contribution < -0.4 is 5.32 Å². The number of anilines is 1. The van der Waals surface area contributed by atoms with Crippen LogP contribution in [0.2, 0.25) is 0 Å². The predicted octanol–water partition coefficient (Wildman–Crippen LogP) is 2.32. The Hall–Kier alpha value is -0.960. The van der Waals surface area contributed by atoms with Gasteiger partial charge in [0, 0.05) is 17.0 Å². The minimum atomic E-state index is 0.0222. The highest BCUT2D eigenvalue weighted by Gasteiger charge is 1.97. The van der Waals surface area contributed by atoms with Crippen LogP contribution in [-0.4, -0.2) is 5.91 Å². The molecule has 0 aliphatic heterocycles. The van der Waals surface area contributed by atoms with E-state index in [4.69, 9.17) is 0 Å². The Bertz CT molecular complexity index is 286. The van der Waals surface area contributed by atoms with Crippen LogP contribution in [0.1, 0.15) is 13.3 Å². The lowest BCUT2D eigenvalue weighted by atomic mass is 10.3. The maximum Gasteiger partial charge on any atom is 0.224 e. The van der Waals surface area contributed by atoms with Crippen LogP contribution in [0.15, 0.2) is 29.2 Å². The van der Waals surface area contributed by atoms with E-state index in [1.54, 1.807) is 0 Å². The molecule has 0 saturated carbocycles. The van der Waals surface area contributed by atoms with Gasteiger partial charge in [0.25, 0.3) is 0 Å². The van der Waals surface area contributed by atoms with Gasteiger partial charge >= 0.3 is 0 Å². The molecule has 0 radical (unpaired) electrons. The minimum absolute atomic E-state index is 0.0222. The quantitative estimate of drug-likeness (QED) is 0.674. The van der Waals surface area contributed by atoms with Crippen LogP contribution in [0, 0.1) is 0 Å². The maximum atomic E-state index is 11.0. The molecule has 1 N–H and O–H groups in total. The highest BCUT2D eigenvalue weighted by molar-refractivity contribution is 7.80. The number of hydrogen-bond acceptors (Lipinski definition) is 2. The van der Waals surface area contributed by atoms with Gasteiger partial charge in [-0.3, -0.25) is 4.79 Å². The number of rotatable bonds is 2. The standard InChI is InChI=1S/C9H11NOS/c1-2-9(11)10-7-4-3-5-8(12)6-7/h3-6,12H,2H2,1H3,(H,10,11). The third kappa shape index (κ3) is 2.58. The molecule has 0 atom stereocenters. The number of carbonyl (C=O) groups excluding carboxylic acids is 1. The smallest absolute Gasteiger partial charge is 0.224 e. The van der Waals surface area contributed by atoms with Gasteiger partial charge < -0.3 is 5.32 Å². The molecule has 0 fully saturated rings. The normalized spacial score (nSPS) is 9.50. The average molecular weight is 181 g/mol. The summed E-state index contributed by atoms with van der Waals surface area (Å²) in [4.78, 5) is 11.8. The number of nitrogens with one attached hydrogen (secondary N) is 1. The van der Waals surface area contributed by atoms with Gasteiger partial charge in [0.05, 0.1) is 0 Å². The highest BCUT2D eigenvalue weighted by Crippen LogP contribution is 2.13. The molecular weight excluding hydrogens is 170 g/mol. The van der Waals surface area contributed by atoms with E-state index in [2.05, 4.69) is 17.9 Å². The lowest BCUT2D eigenvalue weighted by Gasteiger charge is -2.02. The minimum Gasteiger partial charge on any atom is -0.326 e. The second kappa shape index (κ2) is 4.16. The number of benzene rings is 1. The highest BCUT2D eigenvalue weighted by atomic mass is 32.1. The Kier molecular flexibility index (Phi) is 3.17. The molecule has 12 heavy (non-hydrogen) atoms. The van der Waals surface area contributed by atoms with Crippen molar-refractivity contribution in [1.29, 1.82) is 0 Å². The zero-order valence-corrected chi connectivity index (χ0v) is 7.77. The lowest BCUT2D eigenvalue weighted by molar-refractivity contribution is -0.115. The fourth-order valence-corrected chi connectivity index (χ4v) is 1.06. The van der Waals surface area contributed by atoms with Crippen molar-refractivity contribution in [2.24, 2.45) is 0 Å². The fourth-order valence-electron chi connectivity index (χ4n) is 0.833. The van der Waals surface area contributed by atoms with Crippen LogP contribution in [0.3, 0.4) is 0 Å². The van der Waals surface area contributed by atoms with Crippen molar-refractivity contribution in [3.63, 3.8) is 0 Å². The molecule has 0 spiro atoms. The van der Waals surface area contributed by atoms with Gasteiger partial charge in [-0.25, -0.2) is 0 Å². The van der Waals surface area contributed by atoms with Crippen LogP contribution in [0.25, 0.3) is 0 Å². The SMILES string of the molecule is CCC(=O)Nc1cccc(S)c1. The molecule has 0 aliphatic carbocycles. The first-order valence-corrected chi connectivity index (χ1v) is 4.26. The molecule has 0 aromatic heterocycles. The Balaban J connectivity index is 2.69. The summed E-state index contributed by atoms with van der Waals surface area (Å²) in [5.74, 6) is 0.0222. The summed E-state index contributed by atoms with van der Waals surface area (Å²) >= 11 is 4.15. The van der Waals surface area contributed by atoms with Crippen molar-refractivity contribution < 1.29 is 4.79 Å². The molecule has 0 heterocycles. The maximum absolute atomic E-state index is 11.0. The molecule has 1 amide bonds. The monoisotopic (exact) mass is 181 g/mol. The van der Waals surface area contributed by atoms with E-state index in [1.165, 1.54) is 0 Å². The van der Waals surface area contributed by atoms with E-state index in [0.29, 0.717) is 6.42 Å². The molecule has 1 aromatic rings. The summed E-state index contributed by atoms with van der Waals surface area (Å²) in [6, 6.07) is 7.38. The van der Waals surface area contributed by atoms with Gasteiger partial charge in [0.2, 0.25) is 5.91 Å². The Morgan fingerprint density at radius 2 is 2.33 bits per heavy atom. The van der Waals surface area contributed by atoms with Gasteiger partial charge in [-0.05, 0) is 18.2 Å². The molecule has 1 aromatic carbocycles. The van der Waals surface area contributed by atoms with E-state index in [9.17, 15) is 4.79 Å². The number of thiol groups is 1. The van der Waals surface area contributed by atoms with Gasteiger partial charge in [-0.15, -0.1) is 12.6 Å². The van der Waals surface area contributed by atoms with E-state index in [1.807, 2.05) is 31.2 Å². The van der Waals surface area contributed by atoms with Crippen molar-refractivity contribution in [2.75, 3.05) is 5.32 Å². The van der Waals surface area contributed by atoms with Crippen LogP contribution in [-0.2, 0) is 4.79 Å². The summed E-state index contributed by atoms with van der Waals surface area (Å²) < 4.78 is 0. The van der Waals surface area contributed by atoms with E-state index in [0.717, 1.165) is 10.6 Å². The van der Waals surface area contributed by atoms with Gasteiger partial charge in [-0.2, -0.15) is 0 Å². The number of amides is 1. The molecule has 2 nitrogen and oxygen atoms in total. The first-order valence-electron chi connectivity index (χ1n) is 3.81. The first kappa shape index (κ1) is 9.13. The van der Waals surface area contributed by atoms with E-state index < -0.39 is 0 Å². The first-order chi connectivity index (χ1) is 5.72. The molecule has 1 rings (SSSR count). The lowest BCUT2D eigenvalue weighted by Crippen LogP contribution is -2.08. The summed E-state index contributed by atoms with van der Waals surface area (Å²) in [5.41, 5.74) is 0.800. The second-order valence-electron chi connectivity index (χ2n) is 2.45. The molecular formula is C9H11NOS. The number of carbonyl (C=O) groups is 1. The van der Waals surface area contributed by atoms with Crippen molar-refractivity contribution in [3.8, 4) is 0 Å². The topological polar surface area (TPSA) is 29.1 Å². The van der Waals surface area contributed by atoms with E-state index in [-0.39, 0.29) is 5.91 Å². The summed E-state index contributed by atoms with van der Waals surface area (Å²) in [7, 11) is 0. The Morgan fingerprint density at radius 1 is 1.58 bits per heavy atom. The molecule has 0 aliphatic rings. The molecule has 0 saturated heterocycles. The predicted molar refractivity (Wildman–Crippen MR) is 52.6 cm³/mol. The number of hydrogen-bond donors (Lipinski definition) is 2. The average Bonchev–Trinajstić information content (AvgIpc) is 2.04. The third-order valence-corrected chi connectivity index (χ3v) is 1.73. The fraction of sp³-hybridized carbons (Fsp3) is 0.222. The third-order valence-electron chi connectivity index (χ3n) is 1.45. The Morgan fingerprint density at radius 3 is 2.92 bits per heavy atom. The van der Waals surface area contributed by atoms with Crippen LogP contribution in [0.4, 0.5) is 5.69 Å². The van der Waals surface area contributed by atoms with Crippen molar-refractivity contribution >= 4 is 24.2 Å². The van der Waals surface area contributed by atoms with Gasteiger partial charge in [-0.1, -0.05) is 13.0 Å². The summed E-state index contributed by atoms with van der Waals surface area (Å²) in [6.07, 6.45) is 0.497. The zero-order chi connectivity index (χ0) is 8.97. The zero-order valence-electron chi connectivity index (χ0n) is 6.87. The second-order valence-corrected chi connectivity index (χ2v) is 2.97. The molecule has 3 heteroatoms. The largest absolute Gasteiger partial charge is 0.326 e. The summed E-state index contributed by atoms with van der Waals surface area (Å²) in [5, 5.41) is 2.74. The van der Waals surface area contributed by atoms with E-state index >= 15 is 0 Å². The molecule has 64 valence electrons. The Labute approximate surface area is 77.4 Å². The van der Waals surface area contributed by atoms with Crippen molar-refractivity contribution in [2.45, 2.75) is 18.2 Å². The van der Waals surface area contributed by atoms with Crippen LogP contribution >= 0.6 is 12.6 Å². The van der Waals surface area contributed by atoms with Crippen molar-refractivity contribution in [1.82, 2.24) is 0 Å². The molecule has 0 bridgehead atoms. The molecule has 0 unspecified atom stereocenters. The summed E-state index contributed by atoms with van der Waals surface area (Å²) in [6.45, 7) is 1.82.